The molecule has 0 radical (unpaired) electrons. The fraction of sp³-hybridized carbons (Fsp3) is 0.471. The van der Waals surface area contributed by atoms with Crippen LogP contribution < -0.4 is 16.0 Å². The first-order valence-corrected chi connectivity index (χ1v) is 8.04. The van der Waals surface area contributed by atoms with E-state index in [0.717, 1.165) is 5.56 Å². The maximum atomic E-state index is 12.2. The van der Waals surface area contributed by atoms with Crippen LogP contribution in [0, 0.1) is 6.92 Å². The van der Waals surface area contributed by atoms with Gasteiger partial charge >= 0.3 is 0 Å². The van der Waals surface area contributed by atoms with Crippen LogP contribution in [-0.2, 0) is 20.9 Å². The number of piperazine rings is 1. The van der Waals surface area contributed by atoms with Gasteiger partial charge in [-0.3, -0.25) is 19.3 Å². The number of amides is 3. The number of hydrogen-bond donors (Lipinski definition) is 3. The summed E-state index contributed by atoms with van der Waals surface area (Å²) in [6.07, 6.45) is 0.0364. The number of carbonyl (C=O) groups is 3. The maximum absolute atomic E-state index is 12.2. The van der Waals surface area contributed by atoms with Gasteiger partial charge in [0.1, 0.15) is 0 Å². The summed E-state index contributed by atoms with van der Waals surface area (Å²) in [6, 6.07) is 7.61. The van der Waals surface area contributed by atoms with Crippen molar-refractivity contribution in [2.24, 2.45) is 0 Å². The van der Waals surface area contributed by atoms with Crippen LogP contribution in [0.3, 0.4) is 0 Å². The van der Waals surface area contributed by atoms with Crippen molar-refractivity contribution in [2.75, 3.05) is 26.7 Å². The normalized spacial score (nSPS) is 17.9. The molecule has 0 aromatic heterocycles. The van der Waals surface area contributed by atoms with E-state index in [4.69, 9.17) is 0 Å². The number of likely N-dealkylation sites (N-methyl/N-ethyl adjacent to an activating group) is 1. The molecule has 0 unspecified atom stereocenters. The minimum atomic E-state index is -0.523. The van der Waals surface area contributed by atoms with E-state index in [9.17, 15) is 14.4 Å². The summed E-state index contributed by atoms with van der Waals surface area (Å²) in [4.78, 5) is 37.4. The molecule has 3 N–H and O–H groups in total. The second kappa shape index (κ2) is 8.44. The molecule has 1 aromatic rings. The van der Waals surface area contributed by atoms with Crippen molar-refractivity contribution < 1.29 is 14.4 Å². The first-order chi connectivity index (χ1) is 11.5. The summed E-state index contributed by atoms with van der Waals surface area (Å²) in [5.74, 6) is -0.731. The Morgan fingerprint density at radius 3 is 2.62 bits per heavy atom. The van der Waals surface area contributed by atoms with Crippen LogP contribution in [0.5, 0.6) is 0 Å². The van der Waals surface area contributed by atoms with Gasteiger partial charge in [0.15, 0.2) is 0 Å². The third-order valence-electron chi connectivity index (χ3n) is 4.05. The molecule has 24 heavy (non-hydrogen) atoms. The van der Waals surface area contributed by atoms with Crippen molar-refractivity contribution in [1.82, 2.24) is 20.9 Å². The number of nitrogens with zero attached hydrogens (tertiary/aromatic N) is 1. The Balaban J connectivity index is 1.97. The highest BCUT2D eigenvalue weighted by molar-refractivity contribution is 5.90. The van der Waals surface area contributed by atoms with Gasteiger partial charge < -0.3 is 16.0 Å². The van der Waals surface area contributed by atoms with Gasteiger partial charge in [0, 0.05) is 26.7 Å². The summed E-state index contributed by atoms with van der Waals surface area (Å²) in [7, 11) is 1.51. The van der Waals surface area contributed by atoms with Crippen molar-refractivity contribution in [1.29, 1.82) is 0 Å². The Kier molecular flexibility index (Phi) is 6.31. The Morgan fingerprint density at radius 2 is 1.96 bits per heavy atom. The first-order valence-electron chi connectivity index (χ1n) is 8.04. The topological polar surface area (TPSA) is 90.5 Å². The van der Waals surface area contributed by atoms with Crippen LogP contribution >= 0.6 is 0 Å². The zero-order valence-electron chi connectivity index (χ0n) is 14.1. The highest BCUT2D eigenvalue weighted by Gasteiger charge is 2.31. The molecule has 1 aromatic carbocycles. The number of rotatable bonds is 6. The van der Waals surface area contributed by atoms with Crippen LogP contribution in [0.15, 0.2) is 24.3 Å². The van der Waals surface area contributed by atoms with Gasteiger partial charge in [-0.15, -0.1) is 0 Å². The quantitative estimate of drug-likeness (QED) is 0.658. The van der Waals surface area contributed by atoms with E-state index in [1.807, 2.05) is 36.1 Å². The van der Waals surface area contributed by atoms with Gasteiger partial charge in [0.2, 0.25) is 17.7 Å². The summed E-state index contributed by atoms with van der Waals surface area (Å²) < 4.78 is 0. The van der Waals surface area contributed by atoms with Crippen molar-refractivity contribution in [2.45, 2.75) is 25.9 Å². The lowest BCUT2D eigenvalue weighted by atomic mass is 10.1. The fourth-order valence-corrected chi connectivity index (χ4v) is 2.62. The van der Waals surface area contributed by atoms with Crippen LogP contribution in [0.25, 0.3) is 0 Å². The average Bonchev–Trinajstić information content (AvgIpc) is 2.57. The van der Waals surface area contributed by atoms with E-state index in [-0.39, 0.29) is 30.7 Å². The van der Waals surface area contributed by atoms with Crippen LogP contribution in [0.2, 0.25) is 0 Å². The molecule has 1 aliphatic rings. The zero-order chi connectivity index (χ0) is 17.5. The molecular weight excluding hydrogens is 308 g/mol. The standard InChI is InChI=1S/C17H24N4O3/c1-12-3-5-13(6-4-12)11-21-8-7-19-17(24)14(21)9-15(22)20-10-16(23)18-2/h3-6,14H,7-11H2,1-2H3,(H,18,23)(H,19,24)(H,20,22)/t14-/m0/s1. The first kappa shape index (κ1) is 17.9. The van der Waals surface area contributed by atoms with Crippen molar-refractivity contribution >= 4 is 17.7 Å². The molecule has 3 amide bonds. The minimum absolute atomic E-state index is 0.0364. The fourth-order valence-electron chi connectivity index (χ4n) is 2.62. The summed E-state index contributed by atoms with van der Waals surface area (Å²) in [5.41, 5.74) is 2.28. The second-order valence-electron chi connectivity index (χ2n) is 5.92. The smallest absolute Gasteiger partial charge is 0.239 e. The highest BCUT2D eigenvalue weighted by Crippen LogP contribution is 2.14. The Hall–Kier alpha value is -2.41. The Bertz CT molecular complexity index is 600. The molecule has 2 rings (SSSR count). The predicted molar refractivity (Wildman–Crippen MR) is 90.1 cm³/mol. The van der Waals surface area contributed by atoms with Crippen molar-refractivity contribution in [3.8, 4) is 0 Å². The minimum Gasteiger partial charge on any atom is -0.358 e. The Labute approximate surface area is 141 Å². The van der Waals surface area contributed by atoms with E-state index >= 15 is 0 Å². The third kappa shape index (κ3) is 5.06. The molecule has 1 atom stereocenters. The van der Waals surface area contributed by atoms with Crippen molar-refractivity contribution in [3.63, 3.8) is 0 Å². The predicted octanol–water partition coefficient (Wildman–Crippen LogP) is -0.452. The number of benzene rings is 1. The van der Waals surface area contributed by atoms with E-state index < -0.39 is 6.04 Å². The third-order valence-corrected chi connectivity index (χ3v) is 4.05. The molecule has 0 bridgehead atoms. The second-order valence-corrected chi connectivity index (χ2v) is 5.92. The molecule has 0 spiro atoms. The van der Waals surface area contributed by atoms with Gasteiger partial charge in [-0.2, -0.15) is 0 Å². The lowest BCUT2D eigenvalue weighted by Gasteiger charge is -2.34. The molecule has 1 fully saturated rings. The highest BCUT2D eigenvalue weighted by atomic mass is 16.2. The molecule has 0 aliphatic carbocycles. The summed E-state index contributed by atoms with van der Waals surface area (Å²) >= 11 is 0. The molecule has 0 saturated carbocycles. The number of aryl methyl sites for hydroxylation is 1. The van der Waals surface area contributed by atoms with E-state index in [2.05, 4.69) is 16.0 Å². The number of nitrogens with one attached hydrogen (secondary N) is 3. The van der Waals surface area contributed by atoms with E-state index in [0.29, 0.717) is 19.6 Å². The average molecular weight is 332 g/mol. The maximum Gasteiger partial charge on any atom is 0.239 e. The molecule has 130 valence electrons. The number of hydrogen-bond acceptors (Lipinski definition) is 4. The van der Waals surface area contributed by atoms with E-state index in [1.165, 1.54) is 12.6 Å². The SMILES string of the molecule is CNC(=O)CNC(=O)C[C@H]1C(=O)NCCN1Cc1ccc(C)cc1. The van der Waals surface area contributed by atoms with Gasteiger partial charge in [-0.25, -0.2) is 0 Å². The largest absolute Gasteiger partial charge is 0.358 e. The van der Waals surface area contributed by atoms with Gasteiger partial charge in [-0.1, -0.05) is 29.8 Å². The van der Waals surface area contributed by atoms with Gasteiger partial charge in [0.05, 0.1) is 19.0 Å². The van der Waals surface area contributed by atoms with Gasteiger partial charge in [-0.05, 0) is 12.5 Å². The molecule has 7 heteroatoms. The summed E-state index contributed by atoms with van der Waals surface area (Å²) in [5, 5.41) is 7.77. The molecule has 1 saturated heterocycles. The van der Waals surface area contributed by atoms with Gasteiger partial charge in [0.25, 0.3) is 0 Å². The van der Waals surface area contributed by atoms with E-state index in [1.54, 1.807) is 0 Å². The van der Waals surface area contributed by atoms with Crippen LogP contribution in [-0.4, -0.2) is 55.3 Å². The molecule has 7 nitrogen and oxygen atoms in total. The molecule has 1 heterocycles. The molecule has 1 aliphatic heterocycles. The monoisotopic (exact) mass is 332 g/mol. The van der Waals surface area contributed by atoms with Crippen LogP contribution in [0.4, 0.5) is 0 Å². The van der Waals surface area contributed by atoms with Crippen molar-refractivity contribution in [3.05, 3.63) is 35.4 Å². The lowest BCUT2D eigenvalue weighted by Crippen LogP contribution is -2.56. The summed E-state index contributed by atoms with van der Waals surface area (Å²) in [6.45, 7) is 3.81. The van der Waals surface area contributed by atoms with Crippen LogP contribution in [0.1, 0.15) is 17.5 Å². The Morgan fingerprint density at radius 1 is 1.25 bits per heavy atom. The lowest BCUT2D eigenvalue weighted by molar-refractivity contribution is -0.134. The zero-order valence-corrected chi connectivity index (χ0v) is 14.1. The molecular formula is C17H24N4O3. The number of carbonyl (C=O) groups excluding carboxylic acids is 3.